The molecule has 2 heterocycles. The van der Waals surface area contributed by atoms with Gasteiger partial charge in [0.05, 0.1) is 31.4 Å². The SMILES string of the molecule is CCOc1cc([C@@H]2[NH2+]C[C@@H](c3ccccc3)c3c2[nH]c2ccccc32)ccc1OCC(C)C. The number of fused-ring (bicyclic) bond motifs is 3. The number of benzene rings is 3. The second-order valence-corrected chi connectivity index (χ2v) is 9.25. The third kappa shape index (κ3) is 4.23. The van der Waals surface area contributed by atoms with E-state index in [0.717, 1.165) is 18.0 Å². The largest absolute Gasteiger partial charge is 0.490 e. The number of aromatic nitrogens is 1. The average Bonchev–Trinajstić information content (AvgIpc) is 3.23. The van der Waals surface area contributed by atoms with Crippen LogP contribution in [-0.4, -0.2) is 24.7 Å². The van der Waals surface area contributed by atoms with E-state index in [1.165, 1.54) is 33.3 Å². The Hall–Kier alpha value is -3.24. The molecule has 33 heavy (non-hydrogen) atoms. The first-order valence-corrected chi connectivity index (χ1v) is 12.0. The number of rotatable bonds is 7. The van der Waals surface area contributed by atoms with Gasteiger partial charge in [0.25, 0.3) is 0 Å². The Bertz CT molecular complexity index is 1230. The zero-order chi connectivity index (χ0) is 22.8. The molecule has 3 aromatic carbocycles. The van der Waals surface area contributed by atoms with Gasteiger partial charge in [0, 0.05) is 22.0 Å². The Morgan fingerprint density at radius 3 is 2.48 bits per heavy atom. The number of nitrogens with one attached hydrogen (secondary N) is 1. The van der Waals surface area contributed by atoms with Gasteiger partial charge in [0.2, 0.25) is 0 Å². The van der Waals surface area contributed by atoms with E-state index >= 15 is 0 Å². The van der Waals surface area contributed by atoms with Gasteiger partial charge in [-0.25, -0.2) is 0 Å². The number of ether oxygens (including phenoxy) is 2. The molecular weight excluding hydrogens is 408 g/mol. The van der Waals surface area contributed by atoms with Crippen molar-refractivity contribution in [2.75, 3.05) is 19.8 Å². The molecule has 170 valence electrons. The maximum absolute atomic E-state index is 6.04. The molecule has 3 N–H and O–H groups in total. The van der Waals surface area contributed by atoms with Crippen molar-refractivity contribution in [1.29, 1.82) is 0 Å². The summed E-state index contributed by atoms with van der Waals surface area (Å²) in [7, 11) is 0. The number of hydrogen-bond donors (Lipinski definition) is 2. The highest BCUT2D eigenvalue weighted by Gasteiger charge is 2.35. The van der Waals surface area contributed by atoms with Crippen LogP contribution in [0.3, 0.4) is 0 Å². The second kappa shape index (κ2) is 9.32. The number of hydrogen-bond acceptors (Lipinski definition) is 2. The van der Waals surface area contributed by atoms with Gasteiger partial charge in [-0.05, 0) is 42.7 Å². The highest BCUT2D eigenvalue weighted by Crippen LogP contribution is 2.40. The molecule has 4 heteroatoms. The van der Waals surface area contributed by atoms with Crippen molar-refractivity contribution in [3.8, 4) is 11.5 Å². The summed E-state index contributed by atoms with van der Waals surface area (Å²) in [5, 5.41) is 3.77. The Morgan fingerprint density at radius 1 is 0.909 bits per heavy atom. The number of H-pyrrole nitrogens is 1. The molecular formula is C29H33N2O2+. The van der Waals surface area contributed by atoms with Crippen LogP contribution in [-0.2, 0) is 0 Å². The van der Waals surface area contributed by atoms with Crippen LogP contribution < -0.4 is 14.8 Å². The molecule has 1 aliphatic rings. The van der Waals surface area contributed by atoms with E-state index in [0.29, 0.717) is 25.0 Å². The van der Waals surface area contributed by atoms with Gasteiger partial charge in [-0.2, -0.15) is 0 Å². The lowest BCUT2D eigenvalue weighted by molar-refractivity contribution is -0.692. The summed E-state index contributed by atoms with van der Waals surface area (Å²) >= 11 is 0. The summed E-state index contributed by atoms with van der Waals surface area (Å²) in [6.07, 6.45) is 0. The smallest absolute Gasteiger partial charge is 0.161 e. The minimum absolute atomic E-state index is 0.186. The molecule has 1 aliphatic heterocycles. The second-order valence-electron chi connectivity index (χ2n) is 9.25. The fourth-order valence-electron chi connectivity index (χ4n) is 4.97. The summed E-state index contributed by atoms with van der Waals surface area (Å²) in [4.78, 5) is 3.77. The van der Waals surface area contributed by atoms with Crippen LogP contribution in [0.5, 0.6) is 11.5 Å². The van der Waals surface area contributed by atoms with E-state index in [2.05, 4.69) is 96.9 Å². The number of quaternary nitrogens is 1. The molecule has 1 aromatic heterocycles. The van der Waals surface area contributed by atoms with Gasteiger partial charge in [0.15, 0.2) is 17.5 Å². The first-order chi connectivity index (χ1) is 16.2. The first-order valence-electron chi connectivity index (χ1n) is 12.0. The van der Waals surface area contributed by atoms with Crippen LogP contribution in [0.1, 0.15) is 55.1 Å². The molecule has 5 rings (SSSR count). The van der Waals surface area contributed by atoms with E-state index in [4.69, 9.17) is 9.47 Å². The van der Waals surface area contributed by atoms with Gasteiger partial charge in [-0.15, -0.1) is 0 Å². The molecule has 0 bridgehead atoms. The molecule has 0 spiro atoms. The third-order valence-electron chi connectivity index (χ3n) is 6.44. The van der Waals surface area contributed by atoms with Crippen molar-refractivity contribution in [3.63, 3.8) is 0 Å². The summed E-state index contributed by atoms with van der Waals surface area (Å²) in [5.74, 6) is 2.47. The molecule has 4 nitrogen and oxygen atoms in total. The fourth-order valence-corrected chi connectivity index (χ4v) is 4.97. The molecule has 0 unspecified atom stereocenters. The predicted octanol–water partition coefficient (Wildman–Crippen LogP) is 5.40. The highest BCUT2D eigenvalue weighted by molar-refractivity contribution is 5.86. The lowest BCUT2D eigenvalue weighted by Gasteiger charge is -2.28. The van der Waals surface area contributed by atoms with Crippen molar-refractivity contribution >= 4 is 10.9 Å². The lowest BCUT2D eigenvalue weighted by atomic mass is 9.83. The van der Waals surface area contributed by atoms with E-state index in [1.807, 2.05) is 6.92 Å². The van der Waals surface area contributed by atoms with Crippen molar-refractivity contribution in [2.24, 2.45) is 5.92 Å². The summed E-state index contributed by atoms with van der Waals surface area (Å²) in [5.41, 5.74) is 6.50. The van der Waals surface area contributed by atoms with E-state index in [-0.39, 0.29) is 6.04 Å². The van der Waals surface area contributed by atoms with Crippen LogP contribution in [0, 0.1) is 5.92 Å². The van der Waals surface area contributed by atoms with Crippen molar-refractivity contribution in [2.45, 2.75) is 32.7 Å². The standard InChI is InChI=1S/C29H32N2O2/c1-4-32-26-16-21(14-15-25(26)33-18-19(2)3)28-29-27(22-12-8-9-13-24(22)31-29)23(17-30-28)20-10-6-5-7-11-20/h5-16,19,23,28,30-31H,4,17-18H2,1-3H3/p+1/t23-,28-/m0/s1. The van der Waals surface area contributed by atoms with Gasteiger partial charge >= 0.3 is 0 Å². The molecule has 0 radical (unpaired) electrons. The molecule has 2 atom stereocenters. The Morgan fingerprint density at radius 2 is 1.70 bits per heavy atom. The normalized spacial score (nSPS) is 17.8. The molecule has 4 aromatic rings. The highest BCUT2D eigenvalue weighted by atomic mass is 16.5. The van der Waals surface area contributed by atoms with Crippen LogP contribution in [0.15, 0.2) is 72.8 Å². The summed E-state index contributed by atoms with van der Waals surface area (Å²) in [6, 6.07) is 26.2. The zero-order valence-electron chi connectivity index (χ0n) is 19.7. The van der Waals surface area contributed by atoms with Crippen LogP contribution >= 0.6 is 0 Å². The van der Waals surface area contributed by atoms with Gasteiger partial charge in [-0.3, -0.25) is 0 Å². The number of nitrogens with two attached hydrogens (primary N) is 1. The van der Waals surface area contributed by atoms with Gasteiger partial charge < -0.3 is 19.8 Å². The summed E-state index contributed by atoms with van der Waals surface area (Å²) in [6.45, 7) is 8.63. The zero-order valence-corrected chi connectivity index (χ0v) is 19.7. The Balaban J connectivity index is 1.58. The Kier molecular flexibility index (Phi) is 6.10. The van der Waals surface area contributed by atoms with E-state index in [1.54, 1.807) is 0 Å². The average molecular weight is 442 g/mol. The topological polar surface area (TPSA) is 50.9 Å². The minimum atomic E-state index is 0.186. The molecule has 0 fully saturated rings. The lowest BCUT2D eigenvalue weighted by Crippen LogP contribution is -2.88. The van der Waals surface area contributed by atoms with Crippen LogP contribution in [0.4, 0.5) is 0 Å². The quantitative estimate of drug-likeness (QED) is 0.403. The van der Waals surface area contributed by atoms with Crippen molar-refractivity contribution in [3.05, 3.63) is 95.2 Å². The van der Waals surface area contributed by atoms with Gasteiger partial charge in [-0.1, -0.05) is 62.4 Å². The minimum Gasteiger partial charge on any atom is -0.490 e. The van der Waals surface area contributed by atoms with E-state index < -0.39 is 0 Å². The molecule has 0 saturated carbocycles. The third-order valence-corrected chi connectivity index (χ3v) is 6.44. The molecule has 0 aliphatic carbocycles. The summed E-state index contributed by atoms with van der Waals surface area (Å²) < 4.78 is 12.0. The van der Waals surface area contributed by atoms with Crippen LogP contribution in [0.25, 0.3) is 10.9 Å². The van der Waals surface area contributed by atoms with E-state index in [9.17, 15) is 0 Å². The maximum atomic E-state index is 6.04. The molecule has 0 saturated heterocycles. The van der Waals surface area contributed by atoms with Crippen molar-refractivity contribution < 1.29 is 14.8 Å². The Labute approximate surface area is 195 Å². The number of aromatic amines is 1. The van der Waals surface area contributed by atoms with Crippen LogP contribution in [0.2, 0.25) is 0 Å². The number of para-hydroxylation sites is 1. The maximum Gasteiger partial charge on any atom is 0.161 e. The van der Waals surface area contributed by atoms with Crippen molar-refractivity contribution in [1.82, 2.24) is 4.98 Å². The predicted molar refractivity (Wildman–Crippen MR) is 133 cm³/mol. The monoisotopic (exact) mass is 441 g/mol. The fraction of sp³-hybridized carbons (Fsp3) is 0.310. The first kappa shape index (κ1) is 21.6. The molecule has 0 amide bonds. The van der Waals surface area contributed by atoms with Gasteiger partial charge in [0.1, 0.15) is 0 Å².